The summed E-state index contributed by atoms with van der Waals surface area (Å²) < 4.78 is 7.82. The van der Waals surface area contributed by atoms with Crippen LogP contribution < -0.4 is 10.1 Å². The molecule has 0 aliphatic heterocycles. The van der Waals surface area contributed by atoms with Gasteiger partial charge in [0.05, 0.1) is 11.0 Å². The first-order valence-corrected chi connectivity index (χ1v) is 8.60. The summed E-state index contributed by atoms with van der Waals surface area (Å²) in [6.07, 6.45) is 1.63. The molecule has 0 spiro atoms. The van der Waals surface area contributed by atoms with Crippen LogP contribution in [-0.2, 0) is 4.79 Å². The van der Waals surface area contributed by atoms with Crippen molar-refractivity contribution in [2.45, 2.75) is 20.8 Å². The zero-order chi connectivity index (χ0) is 19.0. The van der Waals surface area contributed by atoms with Crippen molar-refractivity contribution in [3.05, 3.63) is 54.9 Å². The van der Waals surface area contributed by atoms with Gasteiger partial charge in [0.15, 0.2) is 0 Å². The monoisotopic (exact) mass is 361 g/mol. The van der Waals surface area contributed by atoms with Crippen LogP contribution in [0, 0.1) is 5.41 Å². The van der Waals surface area contributed by atoms with Gasteiger partial charge in [0.1, 0.15) is 12.1 Å². The molecule has 1 N–H and O–H groups in total. The number of aromatic nitrogens is 4. The maximum Gasteiger partial charge on any atom is 0.266 e. The predicted octanol–water partition coefficient (Wildman–Crippen LogP) is 4.05. The molecule has 7 heteroatoms. The fraction of sp³-hybridized carbons (Fsp3) is 0.200. The predicted molar refractivity (Wildman–Crippen MR) is 103 cm³/mol. The molecule has 0 aliphatic rings. The van der Waals surface area contributed by atoms with Gasteiger partial charge in [-0.3, -0.25) is 9.20 Å². The average molecular weight is 361 g/mol. The summed E-state index contributed by atoms with van der Waals surface area (Å²) in [5.41, 5.74) is 2.38. The molecule has 0 atom stereocenters. The van der Waals surface area contributed by atoms with E-state index in [2.05, 4.69) is 20.5 Å². The minimum absolute atomic E-state index is 0.0664. The number of para-hydroxylation sites is 2. The third-order valence-electron chi connectivity index (χ3n) is 4.09. The van der Waals surface area contributed by atoms with Crippen LogP contribution >= 0.6 is 0 Å². The molecular weight excluding hydrogens is 342 g/mol. The molecule has 0 radical (unpaired) electrons. The molecular formula is C20H19N5O2. The lowest BCUT2D eigenvalue weighted by Gasteiger charge is -2.18. The number of carbonyl (C=O) groups excluding carboxylic acids is 1. The van der Waals surface area contributed by atoms with Gasteiger partial charge >= 0.3 is 0 Å². The van der Waals surface area contributed by atoms with Crippen LogP contribution in [0.25, 0.3) is 16.7 Å². The van der Waals surface area contributed by atoms with Crippen molar-refractivity contribution in [2.24, 2.45) is 5.41 Å². The maximum absolute atomic E-state index is 12.2. The Balaban J connectivity index is 1.69. The Morgan fingerprint density at radius 1 is 1.11 bits per heavy atom. The van der Waals surface area contributed by atoms with Gasteiger partial charge < -0.3 is 10.1 Å². The van der Waals surface area contributed by atoms with Crippen molar-refractivity contribution >= 4 is 28.3 Å². The zero-order valence-corrected chi connectivity index (χ0v) is 15.3. The third-order valence-corrected chi connectivity index (χ3v) is 4.09. The number of hydrogen-bond donors (Lipinski definition) is 1. The number of amides is 1. The SMILES string of the molecule is CC(C)(C)C(=O)Nc1cccc(Oc2nc3ccccc3n3cnnc23)c1. The van der Waals surface area contributed by atoms with Crippen molar-refractivity contribution < 1.29 is 9.53 Å². The van der Waals surface area contributed by atoms with E-state index in [0.717, 1.165) is 11.0 Å². The Labute approximate surface area is 156 Å². The summed E-state index contributed by atoms with van der Waals surface area (Å²) >= 11 is 0. The highest BCUT2D eigenvalue weighted by Crippen LogP contribution is 2.28. The van der Waals surface area contributed by atoms with Crippen molar-refractivity contribution in [1.29, 1.82) is 0 Å². The molecule has 0 unspecified atom stereocenters. The number of fused-ring (bicyclic) bond motifs is 3. The van der Waals surface area contributed by atoms with Gasteiger partial charge in [-0.15, -0.1) is 10.2 Å². The van der Waals surface area contributed by atoms with Crippen molar-refractivity contribution in [1.82, 2.24) is 19.6 Å². The molecule has 1 amide bonds. The third kappa shape index (κ3) is 3.31. The first-order valence-electron chi connectivity index (χ1n) is 8.60. The fourth-order valence-corrected chi connectivity index (χ4v) is 2.61. The highest BCUT2D eigenvalue weighted by Gasteiger charge is 2.21. The second kappa shape index (κ2) is 6.35. The lowest BCUT2D eigenvalue weighted by molar-refractivity contribution is -0.123. The molecule has 4 aromatic rings. The summed E-state index contributed by atoms with van der Waals surface area (Å²) in [7, 11) is 0. The van der Waals surface area contributed by atoms with Crippen LogP contribution in [-0.4, -0.2) is 25.5 Å². The van der Waals surface area contributed by atoms with Gasteiger partial charge in [0, 0.05) is 17.2 Å². The van der Waals surface area contributed by atoms with E-state index in [4.69, 9.17) is 4.74 Å². The lowest BCUT2D eigenvalue weighted by atomic mass is 9.95. The second-order valence-electron chi connectivity index (χ2n) is 7.26. The van der Waals surface area contributed by atoms with Crippen LogP contribution in [0.5, 0.6) is 11.6 Å². The average Bonchev–Trinajstić information content (AvgIpc) is 3.12. The van der Waals surface area contributed by atoms with Crippen LogP contribution in [0.2, 0.25) is 0 Å². The van der Waals surface area contributed by atoms with Crippen molar-refractivity contribution in [3.8, 4) is 11.6 Å². The van der Waals surface area contributed by atoms with Crippen LogP contribution in [0.15, 0.2) is 54.9 Å². The van der Waals surface area contributed by atoms with E-state index in [-0.39, 0.29) is 5.91 Å². The minimum atomic E-state index is -0.482. The number of nitrogens with one attached hydrogen (secondary N) is 1. The van der Waals surface area contributed by atoms with Crippen LogP contribution in [0.3, 0.4) is 0 Å². The number of nitrogens with zero attached hydrogens (tertiary/aromatic N) is 4. The number of ether oxygens (including phenoxy) is 1. The fourth-order valence-electron chi connectivity index (χ4n) is 2.61. The summed E-state index contributed by atoms with van der Waals surface area (Å²) in [4.78, 5) is 16.8. The molecule has 0 aliphatic carbocycles. The van der Waals surface area contributed by atoms with Gasteiger partial charge in [-0.1, -0.05) is 39.0 Å². The number of anilines is 1. The summed E-state index contributed by atoms with van der Waals surface area (Å²) in [6, 6.07) is 14.9. The quantitative estimate of drug-likeness (QED) is 0.595. The maximum atomic E-state index is 12.2. The Kier molecular flexibility index (Phi) is 3.99. The molecule has 0 fully saturated rings. The summed E-state index contributed by atoms with van der Waals surface area (Å²) in [5, 5.41) is 11.0. The summed E-state index contributed by atoms with van der Waals surface area (Å²) in [5.74, 6) is 0.836. The van der Waals surface area contributed by atoms with Gasteiger partial charge in [0.25, 0.3) is 5.88 Å². The highest BCUT2D eigenvalue weighted by atomic mass is 16.5. The highest BCUT2D eigenvalue weighted by molar-refractivity contribution is 5.94. The molecule has 27 heavy (non-hydrogen) atoms. The summed E-state index contributed by atoms with van der Waals surface area (Å²) in [6.45, 7) is 5.59. The molecule has 136 valence electrons. The van der Waals surface area contributed by atoms with E-state index in [1.54, 1.807) is 18.5 Å². The lowest BCUT2D eigenvalue weighted by Crippen LogP contribution is -2.27. The van der Waals surface area contributed by atoms with Gasteiger partial charge in [0.2, 0.25) is 11.6 Å². The van der Waals surface area contributed by atoms with Crippen LogP contribution in [0.1, 0.15) is 20.8 Å². The molecule has 0 saturated heterocycles. The molecule has 0 bridgehead atoms. The normalized spacial score (nSPS) is 11.7. The minimum Gasteiger partial charge on any atom is -0.436 e. The molecule has 2 aromatic heterocycles. The topological polar surface area (TPSA) is 81.4 Å². The number of carbonyl (C=O) groups is 1. The smallest absolute Gasteiger partial charge is 0.266 e. The first-order chi connectivity index (χ1) is 12.9. The van der Waals surface area contributed by atoms with E-state index in [9.17, 15) is 4.79 Å². The molecule has 7 nitrogen and oxygen atoms in total. The van der Waals surface area contributed by atoms with E-state index in [1.165, 1.54) is 0 Å². The number of benzene rings is 2. The van der Waals surface area contributed by atoms with Gasteiger partial charge in [-0.05, 0) is 24.3 Å². The zero-order valence-electron chi connectivity index (χ0n) is 15.3. The van der Waals surface area contributed by atoms with Crippen LogP contribution in [0.4, 0.5) is 5.69 Å². The van der Waals surface area contributed by atoms with Gasteiger partial charge in [-0.2, -0.15) is 0 Å². The van der Waals surface area contributed by atoms with E-state index >= 15 is 0 Å². The Bertz CT molecular complexity index is 1140. The Morgan fingerprint density at radius 3 is 2.74 bits per heavy atom. The second-order valence-corrected chi connectivity index (χ2v) is 7.26. The van der Waals surface area contributed by atoms with Gasteiger partial charge in [-0.25, -0.2) is 4.98 Å². The largest absolute Gasteiger partial charge is 0.436 e. The standard InChI is InChI=1S/C20H19N5O2/c1-20(2,3)19(26)22-13-7-6-8-14(11-13)27-18-17-24-21-12-25(17)16-10-5-4-9-15(16)23-18/h4-12H,1-3H3,(H,22,26). The Hall–Kier alpha value is -3.48. The van der Waals surface area contributed by atoms with E-state index in [0.29, 0.717) is 23.0 Å². The molecule has 2 heterocycles. The first kappa shape index (κ1) is 17.0. The number of rotatable bonds is 3. The Morgan fingerprint density at radius 2 is 1.93 bits per heavy atom. The molecule has 2 aromatic carbocycles. The molecule has 0 saturated carbocycles. The van der Waals surface area contributed by atoms with Crippen molar-refractivity contribution in [2.75, 3.05) is 5.32 Å². The molecule has 4 rings (SSSR count). The number of hydrogen-bond acceptors (Lipinski definition) is 5. The van der Waals surface area contributed by atoms with E-state index < -0.39 is 5.41 Å². The van der Waals surface area contributed by atoms with E-state index in [1.807, 2.05) is 61.6 Å². The van der Waals surface area contributed by atoms with Crippen molar-refractivity contribution in [3.63, 3.8) is 0 Å².